The number of aromatic amines is 1. The average molecular weight is 333 g/mol. The van der Waals surface area contributed by atoms with Gasteiger partial charge in [-0.2, -0.15) is 0 Å². The van der Waals surface area contributed by atoms with Crippen molar-refractivity contribution in [2.45, 2.75) is 32.1 Å². The summed E-state index contributed by atoms with van der Waals surface area (Å²) in [7, 11) is 0. The Bertz CT molecular complexity index is 759. The molecule has 0 aliphatic carbocycles. The molecule has 1 fully saturated rings. The number of aromatic nitrogens is 2. The molecule has 1 amide bonds. The maximum atomic E-state index is 13.2. The fourth-order valence-corrected chi connectivity index (χ4v) is 3.24. The van der Waals surface area contributed by atoms with E-state index in [-0.39, 0.29) is 24.1 Å². The molecule has 0 saturated carbocycles. The summed E-state index contributed by atoms with van der Waals surface area (Å²) in [6, 6.07) is 4.34. The van der Waals surface area contributed by atoms with E-state index < -0.39 is 5.97 Å². The largest absolute Gasteiger partial charge is 0.481 e. The van der Waals surface area contributed by atoms with Gasteiger partial charge in [0.1, 0.15) is 11.6 Å². The Morgan fingerprint density at radius 3 is 3.04 bits per heavy atom. The van der Waals surface area contributed by atoms with Crippen LogP contribution in [-0.4, -0.2) is 44.9 Å². The molecule has 128 valence electrons. The first-order chi connectivity index (χ1) is 11.5. The number of carbonyl (C=O) groups excluding carboxylic acids is 1. The van der Waals surface area contributed by atoms with Gasteiger partial charge in [0.2, 0.25) is 5.91 Å². The summed E-state index contributed by atoms with van der Waals surface area (Å²) >= 11 is 0. The number of piperidine rings is 1. The summed E-state index contributed by atoms with van der Waals surface area (Å²) in [5, 5.41) is 8.89. The fourth-order valence-electron chi connectivity index (χ4n) is 3.24. The van der Waals surface area contributed by atoms with Crippen LogP contribution in [0.3, 0.4) is 0 Å². The minimum Gasteiger partial charge on any atom is -0.481 e. The van der Waals surface area contributed by atoms with Crippen LogP contribution in [0, 0.1) is 11.7 Å². The van der Waals surface area contributed by atoms with E-state index in [0.717, 1.165) is 12.8 Å². The third kappa shape index (κ3) is 3.90. The molecular weight excluding hydrogens is 313 g/mol. The van der Waals surface area contributed by atoms with Crippen LogP contribution in [0.4, 0.5) is 4.39 Å². The Kier molecular flexibility index (Phi) is 4.78. The first-order valence-corrected chi connectivity index (χ1v) is 8.15. The number of nitrogens with zero attached hydrogens (tertiary/aromatic N) is 2. The minimum atomic E-state index is -0.816. The predicted molar refractivity (Wildman–Crippen MR) is 85.9 cm³/mol. The van der Waals surface area contributed by atoms with Crippen molar-refractivity contribution in [3.8, 4) is 0 Å². The lowest BCUT2D eigenvalue weighted by atomic mass is 9.94. The van der Waals surface area contributed by atoms with Crippen LogP contribution in [0.2, 0.25) is 0 Å². The molecule has 1 atom stereocenters. The van der Waals surface area contributed by atoms with Gasteiger partial charge in [-0.25, -0.2) is 9.37 Å². The second-order valence-corrected chi connectivity index (χ2v) is 6.29. The average Bonchev–Trinajstić information content (AvgIpc) is 2.94. The van der Waals surface area contributed by atoms with Gasteiger partial charge < -0.3 is 15.0 Å². The van der Waals surface area contributed by atoms with Crippen molar-refractivity contribution in [2.75, 3.05) is 13.1 Å². The van der Waals surface area contributed by atoms with E-state index in [1.807, 2.05) is 0 Å². The number of benzene rings is 1. The number of likely N-dealkylation sites (tertiary alicyclic amines) is 1. The zero-order chi connectivity index (χ0) is 17.1. The van der Waals surface area contributed by atoms with Crippen LogP contribution >= 0.6 is 0 Å². The number of carboxylic acids is 1. The van der Waals surface area contributed by atoms with Crippen LogP contribution in [-0.2, 0) is 16.0 Å². The van der Waals surface area contributed by atoms with Crippen LogP contribution in [0.5, 0.6) is 0 Å². The number of nitrogens with one attached hydrogen (secondary N) is 1. The Labute approximate surface area is 138 Å². The van der Waals surface area contributed by atoms with E-state index in [4.69, 9.17) is 5.11 Å². The van der Waals surface area contributed by atoms with Crippen LogP contribution in [0.1, 0.15) is 31.5 Å². The number of amides is 1. The molecule has 1 aliphatic rings. The van der Waals surface area contributed by atoms with E-state index in [1.165, 1.54) is 12.1 Å². The molecule has 3 rings (SSSR count). The van der Waals surface area contributed by atoms with Crippen LogP contribution < -0.4 is 0 Å². The number of aryl methyl sites for hydroxylation is 1. The van der Waals surface area contributed by atoms with Crippen molar-refractivity contribution in [1.29, 1.82) is 0 Å². The van der Waals surface area contributed by atoms with Crippen molar-refractivity contribution in [3.63, 3.8) is 0 Å². The van der Waals surface area contributed by atoms with E-state index in [2.05, 4.69) is 9.97 Å². The van der Waals surface area contributed by atoms with Gasteiger partial charge in [0.25, 0.3) is 0 Å². The van der Waals surface area contributed by atoms with E-state index in [0.29, 0.717) is 42.8 Å². The Morgan fingerprint density at radius 2 is 2.25 bits per heavy atom. The van der Waals surface area contributed by atoms with Gasteiger partial charge in [0.15, 0.2) is 0 Å². The molecule has 1 saturated heterocycles. The molecular formula is C17H20FN3O3. The maximum Gasteiger partial charge on any atom is 0.303 e. The number of carbonyl (C=O) groups is 2. The van der Waals surface area contributed by atoms with Crippen LogP contribution in [0.25, 0.3) is 11.0 Å². The lowest BCUT2D eigenvalue weighted by Crippen LogP contribution is -2.40. The number of H-pyrrole nitrogens is 1. The lowest BCUT2D eigenvalue weighted by molar-refractivity contribution is -0.140. The Hall–Kier alpha value is -2.44. The molecule has 6 nitrogen and oxygen atoms in total. The first kappa shape index (κ1) is 16.4. The fraction of sp³-hybridized carbons (Fsp3) is 0.471. The van der Waals surface area contributed by atoms with Crippen molar-refractivity contribution < 1.29 is 19.1 Å². The van der Waals surface area contributed by atoms with Crippen molar-refractivity contribution in [2.24, 2.45) is 5.92 Å². The standard InChI is InChI=1S/C17H20FN3O3/c18-12-3-4-13-14(9-12)20-15(19-13)5-6-16(22)21-7-1-2-11(10-21)8-17(23)24/h3-4,9,11H,1-2,5-8,10H2,(H,19,20)(H,23,24). The highest BCUT2D eigenvalue weighted by atomic mass is 19.1. The van der Waals surface area contributed by atoms with Gasteiger partial charge in [-0.15, -0.1) is 0 Å². The summed E-state index contributed by atoms with van der Waals surface area (Å²) < 4.78 is 13.2. The van der Waals surface area contributed by atoms with Crippen molar-refractivity contribution in [1.82, 2.24) is 14.9 Å². The summed E-state index contributed by atoms with van der Waals surface area (Å²) in [5.74, 6) is -0.440. The summed E-state index contributed by atoms with van der Waals surface area (Å²) in [4.78, 5) is 32.3. The van der Waals surface area contributed by atoms with Crippen molar-refractivity contribution in [3.05, 3.63) is 29.8 Å². The smallest absolute Gasteiger partial charge is 0.303 e. The molecule has 1 unspecified atom stereocenters. The third-order valence-corrected chi connectivity index (χ3v) is 4.40. The zero-order valence-corrected chi connectivity index (χ0v) is 13.3. The maximum absolute atomic E-state index is 13.2. The highest BCUT2D eigenvalue weighted by molar-refractivity contribution is 5.77. The summed E-state index contributed by atoms with van der Waals surface area (Å²) in [6.45, 7) is 1.19. The molecule has 2 heterocycles. The molecule has 0 radical (unpaired) electrons. The molecule has 0 bridgehead atoms. The molecule has 7 heteroatoms. The van der Waals surface area contributed by atoms with Gasteiger partial charge in [0, 0.05) is 32.4 Å². The highest BCUT2D eigenvalue weighted by Crippen LogP contribution is 2.21. The Morgan fingerprint density at radius 1 is 1.42 bits per heavy atom. The monoisotopic (exact) mass is 333 g/mol. The summed E-state index contributed by atoms with van der Waals surface area (Å²) in [6.07, 6.45) is 2.56. The second-order valence-electron chi connectivity index (χ2n) is 6.29. The van der Waals surface area contributed by atoms with Gasteiger partial charge >= 0.3 is 5.97 Å². The van der Waals surface area contributed by atoms with E-state index in [1.54, 1.807) is 11.0 Å². The SMILES string of the molecule is O=C(O)CC1CCCN(C(=O)CCc2nc3ccc(F)cc3[nH]2)C1. The third-order valence-electron chi connectivity index (χ3n) is 4.40. The molecule has 1 aliphatic heterocycles. The minimum absolute atomic E-state index is 0.0109. The summed E-state index contributed by atoms with van der Waals surface area (Å²) in [5.41, 5.74) is 1.30. The molecule has 1 aromatic heterocycles. The van der Waals surface area contributed by atoms with Gasteiger partial charge in [-0.1, -0.05) is 0 Å². The quantitative estimate of drug-likeness (QED) is 0.879. The number of carboxylic acid groups (broad SMARTS) is 1. The Balaban J connectivity index is 1.56. The number of hydrogen-bond donors (Lipinski definition) is 2. The number of halogens is 1. The van der Waals surface area contributed by atoms with Gasteiger partial charge in [-0.05, 0) is 37.0 Å². The first-order valence-electron chi connectivity index (χ1n) is 8.15. The van der Waals surface area contributed by atoms with Gasteiger partial charge in [-0.3, -0.25) is 9.59 Å². The zero-order valence-electron chi connectivity index (χ0n) is 13.3. The van der Waals surface area contributed by atoms with Gasteiger partial charge in [0.05, 0.1) is 11.0 Å². The number of rotatable bonds is 5. The second kappa shape index (κ2) is 6.98. The number of imidazole rings is 1. The molecule has 24 heavy (non-hydrogen) atoms. The molecule has 0 spiro atoms. The lowest BCUT2D eigenvalue weighted by Gasteiger charge is -2.32. The van der Waals surface area contributed by atoms with E-state index >= 15 is 0 Å². The normalized spacial score (nSPS) is 18.0. The predicted octanol–water partition coefficient (Wildman–Crippen LogP) is 2.35. The van der Waals surface area contributed by atoms with E-state index in [9.17, 15) is 14.0 Å². The molecule has 2 N–H and O–H groups in total. The number of fused-ring (bicyclic) bond motifs is 1. The molecule has 1 aromatic carbocycles. The highest BCUT2D eigenvalue weighted by Gasteiger charge is 2.25. The van der Waals surface area contributed by atoms with Crippen LogP contribution in [0.15, 0.2) is 18.2 Å². The topological polar surface area (TPSA) is 86.3 Å². The number of hydrogen-bond acceptors (Lipinski definition) is 3. The molecule has 2 aromatic rings. The van der Waals surface area contributed by atoms with Crippen molar-refractivity contribution >= 4 is 22.9 Å². The number of aliphatic carboxylic acids is 1.